The maximum absolute atomic E-state index is 5.61. The summed E-state index contributed by atoms with van der Waals surface area (Å²) >= 11 is 5.69. The van der Waals surface area contributed by atoms with Crippen LogP contribution in [0.4, 0.5) is 0 Å². The molecule has 1 rings (SSSR count). The van der Waals surface area contributed by atoms with Gasteiger partial charge in [0.15, 0.2) is 0 Å². The van der Waals surface area contributed by atoms with E-state index in [4.69, 9.17) is 7.85 Å². The molecule has 0 saturated carbocycles. The lowest BCUT2D eigenvalue weighted by Gasteiger charge is -1.92. The minimum atomic E-state index is 0.876. The molecule has 3 heteroatoms. The molecular formula is C6H7BS2. The highest BCUT2D eigenvalue weighted by Crippen LogP contribution is 2.02. The Hall–Kier alpha value is 0.115. The number of hydrogen-bond donors (Lipinski definition) is 1. The molecule has 0 amide bonds. The zero-order chi connectivity index (χ0) is 6.69. The van der Waals surface area contributed by atoms with Gasteiger partial charge in [0, 0.05) is 0 Å². The third kappa shape index (κ3) is 1.76. The van der Waals surface area contributed by atoms with Crippen molar-refractivity contribution in [3.8, 4) is 0 Å². The van der Waals surface area contributed by atoms with Gasteiger partial charge in [-0.25, -0.2) is 0 Å². The normalized spacial score (nSPS) is 9.89. The summed E-state index contributed by atoms with van der Waals surface area (Å²) in [6, 6.07) is 2.05. The van der Waals surface area contributed by atoms with Crippen LogP contribution in [0.1, 0.15) is 5.56 Å². The first-order valence-electron chi connectivity index (χ1n) is 2.77. The predicted octanol–water partition coefficient (Wildman–Crippen LogP) is 1.01. The second kappa shape index (κ2) is 3.33. The Bertz CT molecular complexity index is 183. The average molecular weight is 154 g/mol. The van der Waals surface area contributed by atoms with Gasteiger partial charge >= 0.3 is 0 Å². The van der Waals surface area contributed by atoms with Crippen molar-refractivity contribution in [1.29, 1.82) is 0 Å². The summed E-state index contributed by atoms with van der Waals surface area (Å²) in [5.74, 6) is 0.876. The van der Waals surface area contributed by atoms with Gasteiger partial charge in [-0.05, 0) is 34.0 Å². The van der Waals surface area contributed by atoms with Crippen LogP contribution >= 0.6 is 24.0 Å². The highest BCUT2D eigenvalue weighted by molar-refractivity contribution is 7.80. The van der Waals surface area contributed by atoms with Crippen molar-refractivity contribution in [2.75, 3.05) is 5.75 Å². The molecule has 0 aliphatic carbocycles. The van der Waals surface area contributed by atoms with Gasteiger partial charge in [0.2, 0.25) is 0 Å². The van der Waals surface area contributed by atoms with Gasteiger partial charge in [0.25, 0.3) is 0 Å². The fraction of sp³-hybridized carbons (Fsp3) is 0.333. The van der Waals surface area contributed by atoms with Crippen LogP contribution in [0.2, 0.25) is 0 Å². The fourth-order valence-corrected chi connectivity index (χ4v) is 1.62. The standard InChI is InChI=1S/C6H7BS2/c7-6-5(1-3-8)2-4-9-6/h2,4,8H,1,3H2. The van der Waals surface area contributed by atoms with Gasteiger partial charge in [-0.15, -0.1) is 0 Å². The molecule has 0 aliphatic heterocycles. The average Bonchev–Trinajstić information content (AvgIpc) is 2.18. The van der Waals surface area contributed by atoms with Crippen molar-refractivity contribution >= 4 is 36.6 Å². The Morgan fingerprint density at radius 3 is 2.89 bits per heavy atom. The van der Waals surface area contributed by atoms with Crippen molar-refractivity contribution in [1.82, 2.24) is 0 Å². The molecule has 0 N–H and O–H groups in total. The topological polar surface area (TPSA) is 0 Å². The molecule has 9 heavy (non-hydrogen) atoms. The van der Waals surface area contributed by atoms with Gasteiger partial charge < -0.3 is 0 Å². The second-order valence-corrected chi connectivity index (χ2v) is 3.18. The smallest absolute Gasteiger partial charge is 0.129 e. The number of thiol groups is 1. The molecule has 1 aromatic heterocycles. The molecule has 46 valence electrons. The van der Waals surface area contributed by atoms with E-state index in [1.807, 2.05) is 5.38 Å². The highest BCUT2D eigenvalue weighted by Gasteiger charge is 1.94. The predicted molar refractivity (Wildman–Crippen MR) is 47.3 cm³/mol. The third-order valence-corrected chi connectivity index (χ3v) is 2.17. The molecule has 0 bridgehead atoms. The molecule has 1 aromatic rings. The molecule has 0 atom stereocenters. The number of thiophene rings is 1. The Labute approximate surface area is 66.1 Å². The van der Waals surface area contributed by atoms with Crippen molar-refractivity contribution in [3.63, 3.8) is 0 Å². The Kier molecular flexibility index (Phi) is 2.67. The molecule has 0 fully saturated rings. The van der Waals surface area contributed by atoms with Crippen LogP contribution in [0.5, 0.6) is 0 Å². The lowest BCUT2D eigenvalue weighted by atomic mass is 10.0. The van der Waals surface area contributed by atoms with Crippen molar-refractivity contribution < 1.29 is 0 Å². The lowest BCUT2D eigenvalue weighted by molar-refractivity contribution is 1.19. The second-order valence-electron chi connectivity index (χ2n) is 1.78. The highest BCUT2D eigenvalue weighted by atomic mass is 32.1. The summed E-state index contributed by atoms with van der Waals surface area (Å²) in [6.07, 6.45) is 0.985. The minimum Gasteiger partial charge on any atom is -0.179 e. The zero-order valence-corrected chi connectivity index (χ0v) is 6.71. The molecule has 0 aromatic carbocycles. The van der Waals surface area contributed by atoms with Crippen LogP contribution < -0.4 is 4.78 Å². The quantitative estimate of drug-likeness (QED) is 0.477. The lowest BCUT2D eigenvalue weighted by Crippen LogP contribution is -2.02. The zero-order valence-electron chi connectivity index (χ0n) is 5.00. The minimum absolute atomic E-state index is 0.876. The monoisotopic (exact) mass is 154 g/mol. The van der Waals surface area contributed by atoms with E-state index in [-0.39, 0.29) is 0 Å². The molecule has 0 unspecified atom stereocenters. The summed E-state index contributed by atoms with van der Waals surface area (Å²) in [6.45, 7) is 0. The van der Waals surface area contributed by atoms with E-state index in [9.17, 15) is 0 Å². The van der Waals surface area contributed by atoms with Crippen molar-refractivity contribution in [2.24, 2.45) is 0 Å². The van der Waals surface area contributed by atoms with Gasteiger partial charge in [-0.2, -0.15) is 24.0 Å². The SMILES string of the molecule is [B]c1sccc1CCS. The number of rotatable bonds is 2. The molecule has 0 spiro atoms. The van der Waals surface area contributed by atoms with Crippen LogP contribution in [0, 0.1) is 0 Å². The maximum Gasteiger partial charge on any atom is 0.129 e. The number of hydrogen-bond acceptors (Lipinski definition) is 2. The Morgan fingerprint density at radius 1 is 1.67 bits per heavy atom. The first-order valence-corrected chi connectivity index (χ1v) is 4.28. The van der Waals surface area contributed by atoms with Gasteiger partial charge in [-0.3, -0.25) is 0 Å². The summed E-state index contributed by atoms with van der Waals surface area (Å²) in [5, 5.41) is 2.01. The fourth-order valence-electron chi connectivity index (χ4n) is 0.674. The van der Waals surface area contributed by atoms with E-state index in [1.54, 1.807) is 11.3 Å². The summed E-state index contributed by atoms with van der Waals surface area (Å²) in [7, 11) is 5.61. The Morgan fingerprint density at radius 2 is 2.44 bits per heavy atom. The van der Waals surface area contributed by atoms with E-state index in [0.29, 0.717) is 0 Å². The number of aryl methyl sites for hydroxylation is 1. The van der Waals surface area contributed by atoms with E-state index < -0.39 is 0 Å². The maximum atomic E-state index is 5.61. The summed E-state index contributed by atoms with van der Waals surface area (Å²) in [5.41, 5.74) is 1.23. The van der Waals surface area contributed by atoms with Crippen molar-refractivity contribution in [2.45, 2.75) is 6.42 Å². The van der Waals surface area contributed by atoms with E-state index in [1.165, 1.54) is 5.56 Å². The van der Waals surface area contributed by atoms with E-state index in [0.717, 1.165) is 17.0 Å². The van der Waals surface area contributed by atoms with Gasteiger partial charge in [0.1, 0.15) is 7.85 Å². The van der Waals surface area contributed by atoms with Gasteiger partial charge in [-0.1, -0.05) is 0 Å². The third-order valence-electron chi connectivity index (χ3n) is 1.16. The summed E-state index contributed by atoms with van der Waals surface area (Å²) < 4.78 is 0.934. The van der Waals surface area contributed by atoms with Gasteiger partial charge in [0.05, 0.1) is 0 Å². The van der Waals surface area contributed by atoms with E-state index >= 15 is 0 Å². The molecule has 0 nitrogen and oxygen atoms in total. The molecule has 2 radical (unpaired) electrons. The van der Waals surface area contributed by atoms with Crippen LogP contribution in [0.25, 0.3) is 0 Å². The van der Waals surface area contributed by atoms with Crippen molar-refractivity contribution in [3.05, 3.63) is 17.0 Å². The van der Waals surface area contributed by atoms with Crippen LogP contribution in [-0.2, 0) is 6.42 Å². The molecule has 1 heterocycles. The largest absolute Gasteiger partial charge is 0.179 e. The molecule has 0 aliphatic rings. The van der Waals surface area contributed by atoms with Crippen LogP contribution in [-0.4, -0.2) is 13.6 Å². The van der Waals surface area contributed by atoms with Crippen LogP contribution in [0.3, 0.4) is 0 Å². The summed E-state index contributed by atoms with van der Waals surface area (Å²) in [4.78, 5) is 0. The molecular weight excluding hydrogens is 147 g/mol. The first-order chi connectivity index (χ1) is 4.34. The first kappa shape index (κ1) is 7.22. The van der Waals surface area contributed by atoms with Crippen LogP contribution in [0.15, 0.2) is 11.4 Å². The van der Waals surface area contributed by atoms with E-state index in [2.05, 4.69) is 18.7 Å². The molecule has 0 saturated heterocycles. The Balaban J connectivity index is 2.69.